The zero-order valence-electron chi connectivity index (χ0n) is 11.6. The van der Waals surface area contributed by atoms with E-state index in [9.17, 15) is 0 Å². The molecule has 0 bridgehead atoms. The number of piperazine rings is 1. The van der Waals surface area contributed by atoms with Crippen LogP contribution in [0.1, 0.15) is 39.5 Å². The lowest BCUT2D eigenvalue weighted by Crippen LogP contribution is -2.59. The zero-order chi connectivity index (χ0) is 12.3. The zero-order valence-corrected chi connectivity index (χ0v) is 12.4. The predicted octanol–water partition coefficient (Wildman–Crippen LogP) is 2.59. The maximum Gasteiger partial charge on any atom is 0.0224 e. The second kappa shape index (κ2) is 6.44. The van der Waals surface area contributed by atoms with Gasteiger partial charge in [-0.1, -0.05) is 6.92 Å². The van der Waals surface area contributed by atoms with Gasteiger partial charge in [-0.3, -0.25) is 4.90 Å². The average molecular weight is 256 g/mol. The molecule has 17 heavy (non-hydrogen) atoms. The highest BCUT2D eigenvalue weighted by atomic mass is 32.2. The molecule has 1 saturated heterocycles. The summed E-state index contributed by atoms with van der Waals surface area (Å²) in [7, 11) is 0. The molecule has 0 amide bonds. The first-order chi connectivity index (χ1) is 8.26. The highest BCUT2D eigenvalue weighted by molar-refractivity contribution is 7.98. The molecule has 3 atom stereocenters. The van der Waals surface area contributed by atoms with Crippen LogP contribution < -0.4 is 5.32 Å². The van der Waals surface area contributed by atoms with Crippen LogP contribution >= 0.6 is 11.8 Å². The second-order valence-corrected chi connectivity index (χ2v) is 6.73. The normalized spacial score (nSPS) is 32.6. The first kappa shape index (κ1) is 13.7. The number of nitrogens with one attached hydrogen (secondary N) is 1. The van der Waals surface area contributed by atoms with Crippen LogP contribution in [0.4, 0.5) is 0 Å². The topological polar surface area (TPSA) is 15.3 Å². The molecule has 0 aromatic rings. The Kier molecular flexibility index (Phi) is 5.19. The first-order valence-electron chi connectivity index (χ1n) is 7.24. The third kappa shape index (κ3) is 3.62. The lowest BCUT2D eigenvalue weighted by atomic mass is 10.0. The molecule has 3 unspecified atom stereocenters. The summed E-state index contributed by atoms with van der Waals surface area (Å²) < 4.78 is 0. The predicted molar refractivity (Wildman–Crippen MR) is 77.8 cm³/mol. The van der Waals surface area contributed by atoms with E-state index in [0.717, 1.165) is 24.0 Å². The van der Waals surface area contributed by atoms with Gasteiger partial charge in [0.1, 0.15) is 0 Å². The van der Waals surface area contributed by atoms with Crippen LogP contribution in [0.3, 0.4) is 0 Å². The molecule has 1 aliphatic carbocycles. The van der Waals surface area contributed by atoms with E-state index in [1.807, 2.05) is 11.8 Å². The second-order valence-electron chi connectivity index (χ2n) is 5.74. The van der Waals surface area contributed by atoms with Crippen molar-refractivity contribution in [1.82, 2.24) is 10.2 Å². The number of hydrogen-bond acceptors (Lipinski definition) is 3. The minimum Gasteiger partial charge on any atom is -0.311 e. The standard InChI is InChI=1S/C14H28N2S/c1-4-13-9-15-14(12-5-6-12)10-16(13)11(2)7-8-17-3/h11-15H,4-10H2,1-3H3. The summed E-state index contributed by atoms with van der Waals surface area (Å²) >= 11 is 1.98. The van der Waals surface area contributed by atoms with Crippen LogP contribution in [0.15, 0.2) is 0 Å². The molecule has 1 heterocycles. The summed E-state index contributed by atoms with van der Waals surface area (Å²) in [4.78, 5) is 2.79. The van der Waals surface area contributed by atoms with Crippen molar-refractivity contribution < 1.29 is 0 Å². The van der Waals surface area contributed by atoms with Gasteiger partial charge >= 0.3 is 0 Å². The van der Waals surface area contributed by atoms with E-state index in [4.69, 9.17) is 0 Å². The molecule has 100 valence electrons. The van der Waals surface area contributed by atoms with Gasteiger partial charge in [0.15, 0.2) is 0 Å². The van der Waals surface area contributed by atoms with Crippen LogP contribution in [-0.2, 0) is 0 Å². The Balaban J connectivity index is 1.88. The van der Waals surface area contributed by atoms with Crippen molar-refractivity contribution in [2.24, 2.45) is 5.92 Å². The van der Waals surface area contributed by atoms with Crippen molar-refractivity contribution in [2.75, 3.05) is 25.1 Å². The van der Waals surface area contributed by atoms with Crippen LogP contribution in [0.5, 0.6) is 0 Å². The fourth-order valence-corrected chi connectivity index (χ4v) is 3.61. The van der Waals surface area contributed by atoms with Gasteiger partial charge in [-0.2, -0.15) is 11.8 Å². The highest BCUT2D eigenvalue weighted by Gasteiger charge is 2.37. The van der Waals surface area contributed by atoms with Gasteiger partial charge < -0.3 is 5.32 Å². The summed E-state index contributed by atoms with van der Waals surface area (Å²) in [5.41, 5.74) is 0. The van der Waals surface area contributed by atoms with Crippen molar-refractivity contribution in [1.29, 1.82) is 0 Å². The lowest BCUT2D eigenvalue weighted by molar-refractivity contribution is 0.0792. The Morgan fingerprint density at radius 2 is 2.18 bits per heavy atom. The smallest absolute Gasteiger partial charge is 0.0224 e. The Hall–Kier alpha value is 0.270. The number of hydrogen-bond donors (Lipinski definition) is 1. The van der Waals surface area contributed by atoms with Gasteiger partial charge in [-0.25, -0.2) is 0 Å². The van der Waals surface area contributed by atoms with E-state index >= 15 is 0 Å². The van der Waals surface area contributed by atoms with Gasteiger partial charge in [0.2, 0.25) is 0 Å². The highest BCUT2D eigenvalue weighted by Crippen LogP contribution is 2.35. The third-order valence-corrected chi connectivity index (χ3v) is 5.10. The molecule has 2 nitrogen and oxygen atoms in total. The summed E-state index contributed by atoms with van der Waals surface area (Å²) in [5.74, 6) is 2.29. The van der Waals surface area contributed by atoms with Crippen molar-refractivity contribution in [2.45, 2.75) is 57.7 Å². The van der Waals surface area contributed by atoms with Crippen molar-refractivity contribution in [3.63, 3.8) is 0 Å². The van der Waals surface area contributed by atoms with E-state index in [1.54, 1.807) is 0 Å². The van der Waals surface area contributed by atoms with E-state index in [2.05, 4.69) is 30.3 Å². The van der Waals surface area contributed by atoms with Crippen molar-refractivity contribution >= 4 is 11.8 Å². The van der Waals surface area contributed by atoms with Gasteiger partial charge in [0, 0.05) is 31.2 Å². The minimum atomic E-state index is 0.760. The maximum absolute atomic E-state index is 3.78. The average Bonchev–Trinajstić information content (AvgIpc) is 3.19. The fraction of sp³-hybridized carbons (Fsp3) is 1.00. The molecule has 0 aromatic carbocycles. The quantitative estimate of drug-likeness (QED) is 0.786. The molecule has 2 aliphatic rings. The molecule has 2 rings (SSSR count). The molecular weight excluding hydrogens is 228 g/mol. The van der Waals surface area contributed by atoms with E-state index in [-0.39, 0.29) is 0 Å². The number of thioether (sulfide) groups is 1. The summed E-state index contributed by atoms with van der Waals surface area (Å²) in [6.45, 7) is 7.26. The monoisotopic (exact) mass is 256 g/mol. The number of rotatable bonds is 6. The molecule has 0 spiro atoms. The molecule has 1 saturated carbocycles. The molecular formula is C14H28N2S. The Labute approximate surface area is 111 Å². The Bertz CT molecular complexity index is 230. The van der Waals surface area contributed by atoms with Gasteiger partial charge in [-0.15, -0.1) is 0 Å². The van der Waals surface area contributed by atoms with Crippen molar-refractivity contribution in [3.8, 4) is 0 Å². The van der Waals surface area contributed by atoms with E-state index in [0.29, 0.717) is 0 Å². The molecule has 0 radical (unpaired) electrons. The van der Waals surface area contributed by atoms with Gasteiger partial charge in [-0.05, 0) is 50.5 Å². The molecule has 2 fully saturated rings. The SMILES string of the molecule is CCC1CNC(C2CC2)CN1C(C)CCSC. The minimum absolute atomic E-state index is 0.760. The Morgan fingerprint density at radius 3 is 2.76 bits per heavy atom. The van der Waals surface area contributed by atoms with Crippen LogP contribution in [0, 0.1) is 5.92 Å². The first-order valence-corrected chi connectivity index (χ1v) is 8.63. The maximum atomic E-state index is 3.78. The van der Waals surface area contributed by atoms with Gasteiger partial charge in [0.05, 0.1) is 0 Å². The summed E-state index contributed by atoms with van der Waals surface area (Å²) in [5, 5.41) is 3.78. The van der Waals surface area contributed by atoms with Crippen LogP contribution in [0.2, 0.25) is 0 Å². The summed E-state index contributed by atoms with van der Waals surface area (Å²) in [6.07, 6.45) is 7.76. The molecule has 1 aliphatic heterocycles. The molecule has 3 heteroatoms. The van der Waals surface area contributed by atoms with E-state index < -0.39 is 0 Å². The Morgan fingerprint density at radius 1 is 1.41 bits per heavy atom. The van der Waals surface area contributed by atoms with Crippen LogP contribution in [-0.4, -0.2) is 48.1 Å². The van der Waals surface area contributed by atoms with Crippen LogP contribution in [0.25, 0.3) is 0 Å². The fourth-order valence-electron chi connectivity index (χ4n) is 3.03. The largest absolute Gasteiger partial charge is 0.311 e. The lowest BCUT2D eigenvalue weighted by Gasteiger charge is -2.44. The van der Waals surface area contributed by atoms with Crippen molar-refractivity contribution in [3.05, 3.63) is 0 Å². The molecule has 0 aromatic heterocycles. The summed E-state index contributed by atoms with van der Waals surface area (Å²) in [6, 6.07) is 2.31. The van der Waals surface area contributed by atoms with Gasteiger partial charge in [0.25, 0.3) is 0 Å². The third-order valence-electron chi connectivity index (χ3n) is 4.46. The van der Waals surface area contributed by atoms with E-state index in [1.165, 1.54) is 44.5 Å². The molecule has 1 N–H and O–H groups in total. The number of nitrogens with zero attached hydrogens (tertiary/aromatic N) is 1.